The second kappa shape index (κ2) is 8.51. The quantitative estimate of drug-likeness (QED) is 0.373. The molecular weight excluding hydrogens is 509 g/mol. The minimum atomic E-state index is -4.36. The second-order valence-corrected chi connectivity index (χ2v) is 9.87. The van der Waals surface area contributed by atoms with Gasteiger partial charge in [0.1, 0.15) is 22.9 Å². The summed E-state index contributed by atoms with van der Waals surface area (Å²) in [5.74, 6) is 2.17. The van der Waals surface area contributed by atoms with Crippen LogP contribution in [0, 0.1) is 0 Å². The Hall–Kier alpha value is -3.54. The van der Waals surface area contributed by atoms with E-state index in [-0.39, 0.29) is 18.7 Å². The number of nitrogens with zero attached hydrogens (tertiary/aromatic N) is 7. The summed E-state index contributed by atoms with van der Waals surface area (Å²) in [5.41, 5.74) is 0.333. The van der Waals surface area contributed by atoms with Crippen LogP contribution >= 0.6 is 11.6 Å². The second-order valence-electron chi connectivity index (χ2n) is 9.46. The Bertz CT molecular complexity index is 1480. The first-order valence-corrected chi connectivity index (χ1v) is 12.3. The topological polar surface area (TPSA) is 87.6 Å². The van der Waals surface area contributed by atoms with E-state index < -0.39 is 11.6 Å². The summed E-state index contributed by atoms with van der Waals surface area (Å²) in [4.78, 5) is 4.37. The highest BCUT2D eigenvalue weighted by Crippen LogP contribution is 2.54. The van der Waals surface area contributed by atoms with Gasteiger partial charge in [-0.1, -0.05) is 18.0 Å². The fourth-order valence-corrected chi connectivity index (χ4v) is 5.38. The number of ether oxygens (including phenoxy) is 1. The molecule has 0 bridgehead atoms. The number of pyridine rings is 1. The number of methoxy groups -OCH3 is 1. The van der Waals surface area contributed by atoms with Crippen molar-refractivity contribution < 1.29 is 17.9 Å². The maximum atomic E-state index is 14.1. The van der Waals surface area contributed by atoms with Crippen molar-refractivity contribution in [3.63, 3.8) is 0 Å². The summed E-state index contributed by atoms with van der Waals surface area (Å²) in [6.07, 6.45) is 0.426. The van der Waals surface area contributed by atoms with E-state index in [2.05, 4.69) is 25.6 Å². The molecule has 2 aliphatic rings. The van der Waals surface area contributed by atoms with Gasteiger partial charge in [0.05, 0.1) is 17.8 Å². The van der Waals surface area contributed by atoms with Crippen LogP contribution in [0.5, 0.6) is 5.88 Å². The van der Waals surface area contributed by atoms with Crippen LogP contribution in [-0.4, -0.2) is 47.4 Å². The Morgan fingerprint density at radius 3 is 2.59 bits per heavy atom. The van der Waals surface area contributed by atoms with Gasteiger partial charge in [0.25, 0.3) is 0 Å². The molecule has 0 spiro atoms. The van der Waals surface area contributed by atoms with Crippen LogP contribution in [0.4, 0.5) is 24.8 Å². The normalized spacial score (nSPS) is 16.5. The number of alkyl halides is 3. The maximum absolute atomic E-state index is 14.1. The van der Waals surface area contributed by atoms with Crippen LogP contribution in [0.2, 0.25) is 5.02 Å². The number of anilines is 2. The number of halogens is 4. The summed E-state index contributed by atoms with van der Waals surface area (Å²) in [7, 11) is 3.32. The molecule has 0 aromatic carbocycles. The van der Waals surface area contributed by atoms with Crippen molar-refractivity contribution in [2.75, 3.05) is 12.4 Å². The lowest BCUT2D eigenvalue weighted by atomic mass is 9.67. The molecule has 4 aromatic rings. The summed E-state index contributed by atoms with van der Waals surface area (Å²) in [6.45, 7) is 1.07. The number of aromatic nitrogens is 7. The van der Waals surface area contributed by atoms with Gasteiger partial charge in [-0.3, -0.25) is 0 Å². The van der Waals surface area contributed by atoms with E-state index in [1.165, 1.54) is 0 Å². The molecule has 0 saturated heterocycles. The van der Waals surface area contributed by atoms with Gasteiger partial charge >= 0.3 is 6.18 Å². The summed E-state index contributed by atoms with van der Waals surface area (Å²) in [5, 5.41) is 16.2. The molecule has 1 aliphatic carbocycles. The summed E-state index contributed by atoms with van der Waals surface area (Å²) < 4.78 is 52.7. The smallest absolute Gasteiger partial charge is 0.401 e. The Morgan fingerprint density at radius 1 is 1.11 bits per heavy atom. The van der Waals surface area contributed by atoms with Gasteiger partial charge in [-0.25, -0.2) is 9.67 Å². The molecule has 1 fully saturated rings. The van der Waals surface area contributed by atoms with Gasteiger partial charge in [0.15, 0.2) is 5.82 Å². The highest BCUT2D eigenvalue weighted by Gasteiger charge is 2.62. The Balaban J connectivity index is 1.37. The highest BCUT2D eigenvalue weighted by molar-refractivity contribution is 6.33. The molecule has 0 unspecified atom stereocenters. The van der Waals surface area contributed by atoms with Crippen molar-refractivity contribution in [2.24, 2.45) is 7.05 Å². The molecule has 0 radical (unpaired) electrons. The molecule has 0 atom stereocenters. The summed E-state index contributed by atoms with van der Waals surface area (Å²) >= 11 is 6.53. The van der Waals surface area contributed by atoms with E-state index in [1.54, 1.807) is 35.7 Å². The summed E-state index contributed by atoms with van der Waals surface area (Å²) in [6, 6.07) is 5.46. The lowest BCUT2D eigenvalue weighted by Gasteiger charge is -2.42. The van der Waals surface area contributed by atoms with Gasteiger partial charge in [-0.2, -0.15) is 13.2 Å². The number of nitrogens with one attached hydrogen (secondary N) is 1. The average Bonchev–Trinajstić information content (AvgIpc) is 3.49. The molecule has 1 aliphatic heterocycles. The van der Waals surface area contributed by atoms with Gasteiger partial charge in [-0.15, -0.1) is 15.3 Å². The van der Waals surface area contributed by atoms with Crippen LogP contribution in [-0.2, 0) is 25.6 Å². The van der Waals surface area contributed by atoms with Crippen molar-refractivity contribution in [2.45, 2.75) is 50.4 Å². The van der Waals surface area contributed by atoms with Crippen LogP contribution in [0.15, 0.2) is 30.6 Å². The van der Waals surface area contributed by atoms with Crippen molar-refractivity contribution in [1.82, 2.24) is 34.1 Å². The zero-order chi connectivity index (χ0) is 25.9. The molecule has 0 amide bonds. The lowest BCUT2D eigenvalue weighted by Crippen LogP contribution is -2.49. The first-order chi connectivity index (χ1) is 17.7. The number of aryl methyl sites for hydroxylation is 2. The van der Waals surface area contributed by atoms with E-state index in [0.29, 0.717) is 60.0 Å². The van der Waals surface area contributed by atoms with Crippen molar-refractivity contribution >= 4 is 23.2 Å². The van der Waals surface area contributed by atoms with Crippen molar-refractivity contribution in [3.8, 4) is 28.5 Å². The third kappa shape index (κ3) is 3.76. The third-order valence-corrected chi connectivity index (χ3v) is 7.63. The van der Waals surface area contributed by atoms with E-state index >= 15 is 0 Å². The zero-order valence-corrected chi connectivity index (χ0v) is 20.9. The number of rotatable bonds is 5. The van der Waals surface area contributed by atoms with E-state index in [9.17, 15) is 13.2 Å². The highest BCUT2D eigenvalue weighted by atomic mass is 35.5. The standard InChI is InChI=1S/C24H24ClF3N8O/c1-34-19(11-20(33-34)37-2)30-18-10-15(16(25)12-29-18)14-9-17-21-31-32-22(23(5-3-6-23)24(26,27)28)36(21)8-4-7-35(17)13-14/h9-13H,3-8H2,1-2H3,(H,29,30). The van der Waals surface area contributed by atoms with Gasteiger partial charge in [-0.05, 0) is 31.4 Å². The number of hydrogen-bond acceptors (Lipinski definition) is 6. The van der Waals surface area contributed by atoms with Crippen molar-refractivity contribution in [1.29, 1.82) is 0 Å². The molecule has 6 rings (SSSR count). The monoisotopic (exact) mass is 532 g/mol. The van der Waals surface area contributed by atoms with Crippen LogP contribution in [0.25, 0.3) is 22.6 Å². The minimum absolute atomic E-state index is 0.0254. The van der Waals surface area contributed by atoms with Crippen molar-refractivity contribution in [3.05, 3.63) is 41.4 Å². The zero-order valence-electron chi connectivity index (χ0n) is 20.2. The first kappa shape index (κ1) is 23.8. The SMILES string of the molecule is COc1cc(Nc2cc(-c3cc4n(c3)CCCn3c-4nnc3C3(C(F)(F)F)CCC3)c(Cl)cn2)n(C)n1. The van der Waals surface area contributed by atoms with Gasteiger partial charge in [0, 0.05) is 49.7 Å². The largest absolute Gasteiger partial charge is 0.480 e. The molecule has 13 heteroatoms. The Kier molecular flexibility index (Phi) is 5.48. The Labute approximate surface area is 215 Å². The van der Waals surface area contributed by atoms with Crippen LogP contribution in [0.1, 0.15) is 31.5 Å². The molecule has 1 saturated carbocycles. The average molecular weight is 533 g/mol. The molecule has 37 heavy (non-hydrogen) atoms. The predicted octanol–water partition coefficient (Wildman–Crippen LogP) is 5.34. The molecule has 194 valence electrons. The number of hydrogen-bond donors (Lipinski definition) is 1. The number of fused-ring (bicyclic) bond motifs is 3. The van der Waals surface area contributed by atoms with Crippen LogP contribution < -0.4 is 10.1 Å². The minimum Gasteiger partial charge on any atom is -0.480 e. The van der Waals surface area contributed by atoms with E-state index in [0.717, 1.165) is 11.1 Å². The fraction of sp³-hybridized carbons (Fsp3) is 0.417. The molecule has 1 N–H and O–H groups in total. The lowest BCUT2D eigenvalue weighted by molar-refractivity contribution is -0.216. The predicted molar refractivity (Wildman–Crippen MR) is 131 cm³/mol. The molecule has 5 heterocycles. The third-order valence-electron chi connectivity index (χ3n) is 7.32. The fourth-order valence-electron chi connectivity index (χ4n) is 5.17. The van der Waals surface area contributed by atoms with Gasteiger partial charge in [0.2, 0.25) is 5.88 Å². The first-order valence-electron chi connectivity index (χ1n) is 11.9. The maximum Gasteiger partial charge on any atom is 0.401 e. The van der Waals surface area contributed by atoms with Crippen LogP contribution in [0.3, 0.4) is 0 Å². The molecule has 9 nitrogen and oxygen atoms in total. The van der Waals surface area contributed by atoms with E-state index in [4.69, 9.17) is 16.3 Å². The molecule has 4 aromatic heterocycles. The van der Waals surface area contributed by atoms with E-state index in [1.807, 2.05) is 22.9 Å². The molecular formula is C24H24ClF3N8O. The van der Waals surface area contributed by atoms with Gasteiger partial charge < -0.3 is 19.2 Å². The Morgan fingerprint density at radius 2 is 1.92 bits per heavy atom.